The predicted octanol–water partition coefficient (Wildman–Crippen LogP) is 2.00. The van der Waals surface area contributed by atoms with E-state index in [1.54, 1.807) is 0 Å². The second-order valence-corrected chi connectivity index (χ2v) is 5.88. The lowest BCUT2D eigenvalue weighted by Crippen LogP contribution is -2.53. The first-order chi connectivity index (χ1) is 8.20. The smallest absolute Gasteiger partial charge is 0.0590 e. The molecule has 2 saturated heterocycles. The van der Waals surface area contributed by atoms with Crippen molar-refractivity contribution in [2.45, 2.75) is 64.1 Å². The summed E-state index contributed by atoms with van der Waals surface area (Å²) >= 11 is 0. The van der Waals surface area contributed by atoms with Gasteiger partial charge in [0.25, 0.3) is 0 Å². The molecule has 0 saturated carbocycles. The Labute approximate surface area is 106 Å². The van der Waals surface area contributed by atoms with Crippen molar-refractivity contribution in [1.82, 2.24) is 4.90 Å². The molecule has 0 aromatic rings. The number of nitrogens with two attached hydrogens (primary N) is 1. The van der Waals surface area contributed by atoms with Gasteiger partial charge in [-0.1, -0.05) is 20.3 Å². The molecule has 3 heteroatoms. The number of hydrogen-bond acceptors (Lipinski definition) is 3. The number of hydrogen-bond donors (Lipinski definition) is 1. The molecule has 2 N–H and O–H groups in total. The fourth-order valence-electron chi connectivity index (χ4n) is 3.17. The standard InChI is InChI=1S/C14H28N2O/c1-3-4-13-9-12(6-8-17-13)16-7-5-11(2)14(15)10-16/h11-14H,3-10,15H2,1-2H3. The zero-order chi connectivity index (χ0) is 12.3. The van der Waals surface area contributed by atoms with Crippen LogP contribution in [0.15, 0.2) is 0 Å². The van der Waals surface area contributed by atoms with Crippen LogP contribution >= 0.6 is 0 Å². The van der Waals surface area contributed by atoms with E-state index < -0.39 is 0 Å². The zero-order valence-electron chi connectivity index (χ0n) is 11.4. The molecule has 4 atom stereocenters. The van der Waals surface area contributed by atoms with Crippen LogP contribution in [0.5, 0.6) is 0 Å². The second-order valence-electron chi connectivity index (χ2n) is 5.88. The summed E-state index contributed by atoms with van der Waals surface area (Å²) in [6.45, 7) is 7.79. The summed E-state index contributed by atoms with van der Waals surface area (Å²) in [5.41, 5.74) is 6.20. The maximum absolute atomic E-state index is 6.20. The van der Waals surface area contributed by atoms with Gasteiger partial charge in [-0.05, 0) is 38.1 Å². The summed E-state index contributed by atoms with van der Waals surface area (Å²) in [7, 11) is 0. The molecule has 2 aliphatic heterocycles. The Bertz CT molecular complexity index is 232. The van der Waals surface area contributed by atoms with Crippen LogP contribution in [-0.4, -0.2) is 42.8 Å². The monoisotopic (exact) mass is 240 g/mol. The van der Waals surface area contributed by atoms with Crippen LogP contribution in [0.4, 0.5) is 0 Å². The Morgan fingerprint density at radius 1 is 1.35 bits per heavy atom. The number of piperidine rings is 1. The molecule has 0 amide bonds. The molecule has 0 radical (unpaired) electrons. The third kappa shape index (κ3) is 3.43. The van der Waals surface area contributed by atoms with E-state index in [0.29, 0.717) is 18.1 Å². The third-order valence-electron chi connectivity index (χ3n) is 4.51. The minimum atomic E-state index is 0.372. The van der Waals surface area contributed by atoms with E-state index in [2.05, 4.69) is 18.7 Å². The first-order valence-corrected chi connectivity index (χ1v) is 7.32. The van der Waals surface area contributed by atoms with Gasteiger partial charge in [-0.15, -0.1) is 0 Å². The van der Waals surface area contributed by atoms with Crippen LogP contribution < -0.4 is 5.73 Å². The van der Waals surface area contributed by atoms with Gasteiger partial charge in [0.15, 0.2) is 0 Å². The number of rotatable bonds is 3. The van der Waals surface area contributed by atoms with E-state index in [-0.39, 0.29) is 0 Å². The highest BCUT2D eigenvalue weighted by Crippen LogP contribution is 2.26. The van der Waals surface area contributed by atoms with Gasteiger partial charge in [-0.25, -0.2) is 0 Å². The zero-order valence-corrected chi connectivity index (χ0v) is 11.4. The van der Waals surface area contributed by atoms with Gasteiger partial charge in [0.1, 0.15) is 0 Å². The van der Waals surface area contributed by atoms with E-state index in [1.165, 1.54) is 38.6 Å². The molecule has 2 fully saturated rings. The average Bonchev–Trinajstić information content (AvgIpc) is 2.33. The number of likely N-dealkylation sites (tertiary alicyclic amines) is 1. The van der Waals surface area contributed by atoms with E-state index in [4.69, 9.17) is 10.5 Å². The molecule has 0 aliphatic carbocycles. The van der Waals surface area contributed by atoms with Crippen LogP contribution in [0.25, 0.3) is 0 Å². The van der Waals surface area contributed by atoms with Crippen molar-refractivity contribution >= 4 is 0 Å². The quantitative estimate of drug-likeness (QED) is 0.820. The summed E-state index contributed by atoms with van der Waals surface area (Å²) in [6.07, 6.45) is 6.61. The molecular formula is C14H28N2O. The third-order valence-corrected chi connectivity index (χ3v) is 4.51. The fraction of sp³-hybridized carbons (Fsp3) is 1.00. The Hall–Kier alpha value is -0.120. The average molecular weight is 240 g/mol. The summed E-state index contributed by atoms with van der Waals surface area (Å²) < 4.78 is 5.83. The molecule has 2 heterocycles. The summed E-state index contributed by atoms with van der Waals surface area (Å²) in [5.74, 6) is 0.692. The normalized spacial score (nSPS) is 40.4. The maximum Gasteiger partial charge on any atom is 0.0590 e. The topological polar surface area (TPSA) is 38.5 Å². The fourth-order valence-corrected chi connectivity index (χ4v) is 3.17. The highest BCUT2D eigenvalue weighted by atomic mass is 16.5. The first kappa shape index (κ1) is 13.3. The molecule has 100 valence electrons. The number of ether oxygens (including phenoxy) is 1. The Balaban J connectivity index is 1.84. The molecule has 0 bridgehead atoms. The predicted molar refractivity (Wildman–Crippen MR) is 71.0 cm³/mol. The lowest BCUT2D eigenvalue weighted by atomic mass is 9.90. The van der Waals surface area contributed by atoms with Crippen LogP contribution in [-0.2, 0) is 4.74 Å². The largest absolute Gasteiger partial charge is 0.378 e. The van der Waals surface area contributed by atoms with Gasteiger partial charge in [0.05, 0.1) is 6.10 Å². The van der Waals surface area contributed by atoms with E-state index >= 15 is 0 Å². The molecule has 0 aromatic carbocycles. The Morgan fingerprint density at radius 2 is 2.18 bits per heavy atom. The summed E-state index contributed by atoms with van der Waals surface area (Å²) in [5, 5.41) is 0. The molecular weight excluding hydrogens is 212 g/mol. The summed E-state index contributed by atoms with van der Waals surface area (Å²) in [4.78, 5) is 2.62. The first-order valence-electron chi connectivity index (χ1n) is 7.32. The molecule has 2 rings (SSSR count). The molecule has 17 heavy (non-hydrogen) atoms. The van der Waals surface area contributed by atoms with Crippen molar-refractivity contribution in [3.8, 4) is 0 Å². The second kappa shape index (κ2) is 6.17. The maximum atomic E-state index is 6.20. The Morgan fingerprint density at radius 3 is 2.88 bits per heavy atom. The van der Waals surface area contributed by atoms with Gasteiger partial charge < -0.3 is 10.5 Å². The van der Waals surface area contributed by atoms with Crippen molar-refractivity contribution < 1.29 is 4.74 Å². The van der Waals surface area contributed by atoms with Crippen molar-refractivity contribution in [3.05, 3.63) is 0 Å². The molecule has 3 nitrogen and oxygen atoms in total. The lowest BCUT2D eigenvalue weighted by molar-refractivity contribution is -0.0383. The van der Waals surface area contributed by atoms with E-state index in [1.807, 2.05) is 0 Å². The highest BCUT2D eigenvalue weighted by Gasteiger charge is 2.31. The SMILES string of the molecule is CCCC1CC(N2CCC(C)C(N)C2)CCO1. The van der Waals surface area contributed by atoms with E-state index in [9.17, 15) is 0 Å². The molecule has 0 spiro atoms. The van der Waals surface area contributed by atoms with Crippen molar-refractivity contribution in [1.29, 1.82) is 0 Å². The van der Waals surface area contributed by atoms with Crippen molar-refractivity contribution in [2.24, 2.45) is 11.7 Å². The number of nitrogens with zero attached hydrogens (tertiary/aromatic N) is 1. The lowest BCUT2D eigenvalue weighted by Gasteiger charge is -2.43. The van der Waals surface area contributed by atoms with Crippen LogP contribution in [0.1, 0.15) is 46.0 Å². The van der Waals surface area contributed by atoms with E-state index in [0.717, 1.165) is 19.2 Å². The molecule has 2 aliphatic rings. The van der Waals surface area contributed by atoms with Gasteiger partial charge in [0.2, 0.25) is 0 Å². The van der Waals surface area contributed by atoms with Crippen LogP contribution in [0.2, 0.25) is 0 Å². The van der Waals surface area contributed by atoms with Gasteiger partial charge in [-0.3, -0.25) is 4.90 Å². The molecule has 4 unspecified atom stereocenters. The molecule has 0 aromatic heterocycles. The highest BCUT2D eigenvalue weighted by molar-refractivity contribution is 4.87. The van der Waals surface area contributed by atoms with Gasteiger partial charge in [-0.2, -0.15) is 0 Å². The van der Waals surface area contributed by atoms with Crippen molar-refractivity contribution in [2.75, 3.05) is 19.7 Å². The van der Waals surface area contributed by atoms with Gasteiger partial charge >= 0.3 is 0 Å². The Kier molecular flexibility index (Phi) is 4.83. The minimum Gasteiger partial charge on any atom is -0.378 e. The van der Waals surface area contributed by atoms with Crippen molar-refractivity contribution in [3.63, 3.8) is 0 Å². The minimum absolute atomic E-state index is 0.372. The van der Waals surface area contributed by atoms with Gasteiger partial charge in [0, 0.05) is 25.2 Å². The van der Waals surface area contributed by atoms with Crippen LogP contribution in [0.3, 0.4) is 0 Å². The summed E-state index contributed by atoms with van der Waals surface area (Å²) in [6, 6.07) is 1.09. The van der Waals surface area contributed by atoms with Crippen LogP contribution in [0, 0.1) is 5.92 Å².